The first-order valence-electron chi connectivity index (χ1n) is 9.52. The third-order valence-corrected chi connectivity index (χ3v) is 5.49. The minimum Gasteiger partial charge on any atom is -0.493 e. The number of anilines is 1. The van der Waals surface area contributed by atoms with Crippen molar-refractivity contribution in [3.8, 4) is 5.75 Å². The second kappa shape index (κ2) is 8.23. The van der Waals surface area contributed by atoms with E-state index in [4.69, 9.17) is 4.74 Å². The first-order valence-corrected chi connectivity index (χ1v) is 10.7. The van der Waals surface area contributed by atoms with Gasteiger partial charge < -0.3 is 15.4 Å². The van der Waals surface area contributed by atoms with Crippen LogP contribution in [0.5, 0.6) is 5.75 Å². The van der Waals surface area contributed by atoms with Gasteiger partial charge in [-0.25, -0.2) is 0 Å². The van der Waals surface area contributed by atoms with Crippen LogP contribution in [0, 0.1) is 10.1 Å². The highest BCUT2D eigenvalue weighted by atomic mass is 32.2. The minimum absolute atomic E-state index is 0.0541. The lowest BCUT2D eigenvalue weighted by Crippen LogP contribution is -2.50. The number of carbonyl (C=O) groups excluding carboxylic acids is 1. The van der Waals surface area contributed by atoms with Crippen LogP contribution in [0.3, 0.4) is 0 Å². The molecule has 0 fully saturated rings. The SMILES string of the molecule is CCCOc1ccc([N+](=O)[O-])cc1[C@@H]1Nc2ccccc2[C@@H]2C(=O)NC(SC)=NN12. The largest absolute Gasteiger partial charge is 0.493 e. The van der Waals surface area contributed by atoms with Gasteiger partial charge in [-0.05, 0) is 24.8 Å². The van der Waals surface area contributed by atoms with Crippen molar-refractivity contribution in [2.75, 3.05) is 18.2 Å². The van der Waals surface area contributed by atoms with Gasteiger partial charge in [-0.2, -0.15) is 0 Å². The lowest BCUT2D eigenvalue weighted by Gasteiger charge is -2.43. The molecule has 0 saturated heterocycles. The quantitative estimate of drug-likeness (QED) is 0.554. The molecule has 30 heavy (non-hydrogen) atoms. The highest BCUT2D eigenvalue weighted by molar-refractivity contribution is 8.13. The molecule has 1 amide bonds. The number of hydrogen-bond acceptors (Lipinski definition) is 8. The van der Waals surface area contributed by atoms with E-state index in [2.05, 4.69) is 15.7 Å². The average Bonchev–Trinajstić information content (AvgIpc) is 2.76. The number of nitrogens with one attached hydrogen (secondary N) is 2. The van der Waals surface area contributed by atoms with E-state index >= 15 is 0 Å². The summed E-state index contributed by atoms with van der Waals surface area (Å²) in [6.07, 6.45) is 1.99. The zero-order chi connectivity index (χ0) is 21.3. The number of thioether (sulfide) groups is 1. The van der Waals surface area contributed by atoms with Crippen molar-refractivity contribution >= 4 is 34.2 Å². The van der Waals surface area contributed by atoms with Crippen LogP contribution < -0.4 is 15.4 Å². The molecule has 10 heteroatoms. The van der Waals surface area contributed by atoms with Gasteiger partial charge in [0, 0.05) is 28.9 Å². The number of fused-ring (bicyclic) bond motifs is 3. The maximum atomic E-state index is 13.0. The van der Waals surface area contributed by atoms with Crippen molar-refractivity contribution in [1.82, 2.24) is 10.3 Å². The number of nitro groups is 1. The number of amides is 1. The Morgan fingerprint density at radius 2 is 2.07 bits per heavy atom. The van der Waals surface area contributed by atoms with Crippen LogP contribution in [-0.4, -0.2) is 33.9 Å². The van der Waals surface area contributed by atoms with Crippen molar-refractivity contribution in [2.24, 2.45) is 5.10 Å². The number of ether oxygens (including phenoxy) is 1. The topological polar surface area (TPSA) is 109 Å². The number of amidine groups is 1. The molecule has 2 aliphatic heterocycles. The summed E-state index contributed by atoms with van der Waals surface area (Å²) >= 11 is 1.32. The van der Waals surface area contributed by atoms with Crippen LogP contribution in [0.1, 0.15) is 36.7 Å². The summed E-state index contributed by atoms with van der Waals surface area (Å²) < 4.78 is 5.88. The molecule has 2 aromatic carbocycles. The molecule has 0 radical (unpaired) electrons. The van der Waals surface area contributed by atoms with E-state index in [0.717, 1.165) is 17.7 Å². The number of hydrogen-bond donors (Lipinski definition) is 2. The fourth-order valence-electron chi connectivity index (χ4n) is 3.57. The number of nitro benzene ring substituents is 1. The number of carbonyl (C=O) groups is 1. The van der Waals surface area contributed by atoms with Crippen LogP contribution in [0.4, 0.5) is 11.4 Å². The first kappa shape index (κ1) is 20.0. The molecule has 0 aromatic heterocycles. The second-order valence-electron chi connectivity index (χ2n) is 6.84. The molecule has 9 nitrogen and oxygen atoms in total. The zero-order valence-corrected chi connectivity index (χ0v) is 17.3. The lowest BCUT2D eigenvalue weighted by molar-refractivity contribution is -0.385. The molecule has 2 aromatic rings. The summed E-state index contributed by atoms with van der Waals surface area (Å²) in [4.78, 5) is 23.9. The zero-order valence-electron chi connectivity index (χ0n) is 16.5. The third kappa shape index (κ3) is 3.54. The Morgan fingerprint density at radius 1 is 1.27 bits per heavy atom. The monoisotopic (exact) mass is 427 g/mol. The van der Waals surface area contributed by atoms with Crippen molar-refractivity contribution in [3.63, 3.8) is 0 Å². The number of non-ortho nitro benzene ring substituents is 1. The molecule has 0 aliphatic carbocycles. The minimum atomic E-state index is -0.665. The predicted molar refractivity (Wildman–Crippen MR) is 115 cm³/mol. The predicted octanol–water partition coefficient (Wildman–Crippen LogP) is 3.61. The summed E-state index contributed by atoms with van der Waals surface area (Å²) in [5.74, 6) is 0.319. The maximum Gasteiger partial charge on any atom is 0.270 e. The highest BCUT2D eigenvalue weighted by Gasteiger charge is 2.43. The Kier molecular flexibility index (Phi) is 5.49. The van der Waals surface area contributed by atoms with Crippen LogP contribution in [-0.2, 0) is 4.79 Å². The van der Waals surface area contributed by atoms with E-state index in [1.165, 1.54) is 23.9 Å². The van der Waals surface area contributed by atoms with Gasteiger partial charge in [-0.15, -0.1) is 5.10 Å². The number of benzene rings is 2. The van der Waals surface area contributed by atoms with Gasteiger partial charge in [0.05, 0.1) is 11.5 Å². The Balaban J connectivity index is 1.88. The van der Waals surface area contributed by atoms with E-state index in [1.54, 1.807) is 11.1 Å². The number of nitrogens with zero attached hydrogens (tertiary/aromatic N) is 3. The van der Waals surface area contributed by atoms with Crippen molar-refractivity contribution in [1.29, 1.82) is 0 Å². The van der Waals surface area contributed by atoms with Gasteiger partial charge in [0.25, 0.3) is 11.6 Å². The van der Waals surface area contributed by atoms with Gasteiger partial charge in [-0.3, -0.25) is 19.9 Å². The lowest BCUT2D eigenvalue weighted by atomic mass is 9.96. The molecule has 0 unspecified atom stereocenters. The van der Waals surface area contributed by atoms with Crippen LogP contribution in [0.25, 0.3) is 0 Å². The van der Waals surface area contributed by atoms with Crippen molar-refractivity contribution < 1.29 is 14.5 Å². The van der Waals surface area contributed by atoms with E-state index in [1.807, 2.05) is 37.4 Å². The molecule has 4 rings (SSSR count). The summed E-state index contributed by atoms with van der Waals surface area (Å²) in [5, 5.41) is 24.4. The standard InChI is InChI=1S/C20H21N5O4S/c1-3-10-29-16-9-8-12(25(27)28)11-14(16)18-21-15-7-5-4-6-13(15)17-19(26)22-20(30-2)23-24(17)18/h4-9,11,17-18,21H,3,10H2,1-2H3,(H,22,23,26)/t17-,18-/m1/s1. The molecule has 0 spiro atoms. The van der Waals surface area contributed by atoms with E-state index in [0.29, 0.717) is 23.1 Å². The Morgan fingerprint density at radius 3 is 2.80 bits per heavy atom. The molecule has 0 bridgehead atoms. The average molecular weight is 427 g/mol. The smallest absolute Gasteiger partial charge is 0.270 e. The van der Waals surface area contributed by atoms with E-state index in [-0.39, 0.29) is 11.6 Å². The molecule has 156 valence electrons. The van der Waals surface area contributed by atoms with E-state index in [9.17, 15) is 14.9 Å². The molecule has 2 aliphatic rings. The van der Waals surface area contributed by atoms with Gasteiger partial charge in [-0.1, -0.05) is 36.9 Å². The summed E-state index contributed by atoms with van der Waals surface area (Å²) in [6, 6.07) is 11.3. The molecule has 2 heterocycles. The fraction of sp³-hybridized carbons (Fsp3) is 0.300. The van der Waals surface area contributed by atoms with Crippen LogP contribution >= 0.6 is 11.8 Å². The second-order valence-corrected chi connectivity index (χ2v) is 7.64. The van der Waals surface area contributed by atoms with Gasteiger partial charge in [0.2, 0.25) is 0 Å². The van der Waals surface area contributed by atoms with Crippen molar-refractivity contribution in [3.05, 3.63) is 63.7 Å². The Hall–Kier alpha value is -3.27. The first-order chi connectivity index (χ1) is 14.5. The van der Waals surface area contributed by atoms with Crippen LogP contribution in [0.15, 0.2) is 47.6 Å². The number of rotatable bonds is 5. The molecule has 0 saturated carbocycles. The third-order valence-electron chi connectivity index (χ3n) is 4.92. The molecular formula is C20H21N5O4S. The number of para-hydroxylation sites is 1. The van der Waals surface area contributed by atoms with Crippen LogP contribution in [0.2, 0.25) is 0 Å². The highest BCUT2D eigenvalue weighted by Crippen LogP contribution is 2.45. The summed E-state index contributed by atoms with van der Waals surface area (Å²) in [7, 11) is 0. The Bertz CT molecular complexity index is 1030. The van der Waals surface area contributed by atoms with Crippen molar-refractivity contribution in [2.45, 2.75) is 25.6 Å². The van der Waals surface area contributed by atoms with E-state index < -0.39 is 17.1 Å². The molecule has 2 N–H and O–H groups in total. The number of hydrazone groups is 1. The molecular weight excluding hydrogens is 406 g/mol. The molecule has 2 atom stereocenters. The van der Waals surface area contributed by atoms with Gasteiger partial charge in [0.1, 0.15) is 11.9 Å². The van der Waals surface area contributed by atoms with Gasteiger partial charge in [0.15, 0.2) is 11.2 Å². The summed E-state index contributed by atoms with van der Waals surface area (Å²) in [5.41, 5.74) is 2.06. The normalized spacial score (nSPS) is 19.7. The summed E-state index contributed by atoms with van der Waals surface area (Å²) in [6.45, 7) is 2.46. The Labute approximate surface area is 177 Å². The maximum absolute atomic E-state index is 13.0. The fourth-order valence-corrected chi connectivity index (χ4v) is 3.95. The van der Waals surface area contributed by atoms with Gasteiger partial charge >= 0.3 is 0 Å².